The van der Waals surface area contributed by atoms with Gasteiger partial charge in [-0.25, -0.2) is 4.98 Å². The predicted octanol–water partition coefficient (Wildman–Crippen LogP) is 4.55. The first kappa shape index (κ1) is 20.2. The van der Waals surface area contributed by atoms with Crippen molar-refractivity contribution in [1.29, 1.82) is 0 Å². The zero-order valence-electron chi connectivity index (χ0n) is 16.7. The number of aryl methyl sites for hydroxylation is 1. The monoisotopic (exact) mass is 397 g/mol. The highest BCUT2D eigenvalue weighted by atomic mass is 32.1. The van der Waals surface area contributed by atoms with Crippen molar-refractivity contribution in [3.05, 3.63) is 41.8 Å². The number of aromatic nitrogens is 4. The minimum absolute atomic E-state index is 0.0267. The van der Waals surface area contributed by atoms with E-state index in [1.165, 1.54) is 24.2 Å². The molecule has 0 radical (unpaired) electrons. The van der Waals surface area contributed by atoms with E-state index in [9.17, 15) is 4.79 Å². The Labute approximate surface area is 170 Å². The summed E-state index contributed by atoms with van der Waals surface area (Å²) < 4.78 is 1.94. The number of carbonyl (C=O) groups is 1. The second-order valence-corrected chi connectivity index (χ2v) is 7.84. The molecule has 7 heteroatoms. The highest BCUT2D eigenvalue weighted by Gasteiger charge is 2.16. The first-order valence-electron chi connectivity index (χ1n) is 9.79. The molecular formula is C21H27N5OS. The highest BCUT2D eigenvalue weighted by Crippen LogP contribution is 2.28. The zero-order valence-corrected chi connectivity index (χ0v) is 17.5. The number of amides is 1. The van der Waals surface area contributed by atoms with E-state index < -0.39 is 0 Å². The van der Waals surface area contributed by atoms with E-state index >= 15 is 0 Å². The van der Waals surface area contributed by atoms with Crippen LogP contribution >= 0.6 is 11.3 Å². The van der Waals surface area contributed by atoms with Gasteiger partial charge in [0.1, 0.15) is 10.7 Å². The number of nitrogens with zero attached hydrogens (tertiary/aromatic N) is 4. The lowest BCUT2D eigenvalue weighted by Gasteiger charge is -2.14. The Balaban J connectivity index is 1.69. The molecule has 6 nitrogen and oxygen atoms in total. The van der Waals surface area contributed by atoms with Gasteiger partial charge < -0.3 is 9.88 Å². The third-order valence-corrected chi connectivity index (χ3v) is 5.78. The molecule has 0 aliphatic carbocycles. The summed E-state index contributed by atoms with van der Waals surface area (Å²) >= 11 is 1.52. The second kappa shape index (κ2) is 9.59. The third kappa shape index (κ3) is 4.84. The number of nitrogens with one attached hydrogen (secondary N) is 1. The summed E-state index contributed by atoms with van der Waals surface area (Å²) in [6, 6.07) is 1.90. The molecule has 0 aliphatic heterocycles. The van der Waals surface area contributed by atoms with E-state index in [0.717, 1.165) is 41.5 Å². The first-order chi connectivity index (χ1) is 13.6. The van der Waals surface area contributed by atoms with Crippen LogP contribution in [-0.2, 0) is 7.05 Å². The van der Waals surface area contributed by atoms with Crippen molar-refractivity contribution in [3.8, 4) is 22.1 Å². The minimum Gasteiger partial charge on any atom is -0.352 e. The molecule has 3 aromatic rings. The van der Waals surface area contributed by atoms with Gasteiger partial charge in [0.05, 0.1) is 23.1 Å². The van der Waals surface area contributed by atoms with E-state index in [-0.39, 0.29) is 5.91 Å². The van der Waals surface area contributed by atoms with Crippen molar-refractivity contribution >= 4 is 17.2 Å². The van der Waals surface area contributed by atoms with Crippen LogP contribution in [0.1, 0.15) is 49.9 Å². The van der Waals surface area contributed by atoms with Crippen molar-refractivity contribution in [1.82, 2.24) is 24.8 Å². The van der Waals surface area contributed by atoms with E-state index in [1.807, 2.05) is 29.3 Å². The smallest absolute Gasteiger partial charge is 0.252 e. The van der Waals surface area contributed by atoms with Gasteiger partial charge in [0.2, 0.25) is 0 Å². The molecule has 28 heavy (non-hydrogen) atoms. The maximum absolute atomic E-state index is 12.6. The normalized spacial score (nSPS) is 12.1. The van der Waals surface area contributed by atoms with Gasteiger partial charge in [-0.15, -0.1) is 11.3 Å². The molecule has 3 aromatic heterocycles. The molecule has 0 aliphatic rings. The summed E-state index contributed by atoms with van der Waals surface area (Å²) in [6.07, 6.45) is 11.5. The van der Waals surface area contributed by atoms with Crippen molar-refractivity contribution in [2.45, 2.75) is 39.5 Å². The van der Waals surface area contributed by atoms with Crippen LogP contribution in [-0.4, -0.2) is 32.0 Å². The van der Waals surface area contributed by atoms with Crippen LogP contribution in [0.25, 0.3) is 22.1 Å². The lowest BCUT2D eigenvalue weighted by Crippen LogP contribution is -2.28. The van der Waals surface area contributed by atoms with E-state index in [4.69, 9.17) is 0 Å². The van der Waals surface area contributed by atoms with Crippen LogP contribution < -0.4 is 5.32 Å². The van der Waals surface area contributed by atoms with Crippen LogP contribution in [0.3, 0.4) is 0 Å². The van der Waals surface area contributed by atoms with Crippen molar-refractivity contribution < 1.29 is 4.79 Å². The lowest BCUT2D eigenvalue weighted by molar-refractivity contribution is 0.0946. The highest BCUT2D eigenvalue weighted by molar-refractivity contribution is 7.13. The summed E-state index contributed by atoms with van der Waals surface area (Å²) in [6.45, 7) is 5.11. The average molecular weight is 398 g/mol. The summed E-state index contributed by atoms with van der Waals surface area (Å²) in [5.74, 6) is 0.515. The Kier molecular flexibility index (Phi) is 6.92. The van der Waals surface area contributed by atoms with Gasteiger partial charge in [0, 0.05) is 37.6 Å². The maximum Gasteiger partial charge on any atom is 0.252 e. The fraction of sp³-hybridized carbons (Fsp3) is 0.429. The van der Waals surface area contributed by atoms with E-state index in [2.05, 4.69) is 34.1 Å². The third-order valence-electron chi connectivity index (χ3n) is 4.91. The molecule has 1 unspecified atom stereocenters. The van der Waals surface area contributed by atoms with Gasteiger partial charge in [-0.05, 0) is 18.4 Å². The molecule has 0 bridgehead atoms. The quantitative estimate of drug-likeness (QED) is 0.575. The summed E-state index contributed by atoms with van der Waals surface area (Å²) in [7, 11) is 1.93. The topological polar surface area (TPSA) is 72.7 Å². The number of thiazole rings is 1. The fourth-order valence-corrected chi connectivity index (χ4v) is 3.92. The summed E-state index contributed by atoms with van der Waals surface area (Å²) in [4.78, 5) is 25.7. The van der Waals surface area contributed by atoms with Crippen LogP contribution in [0, 0.1) is 5.92 Å². The maximum atomic E-state index is 12.6. The van der Waals surface area contributed by atoms with Crippen LogP contribution in [0.2, 0.25) is 0 Å². The number of hydrogen-bond donors (Lipinski definition) is 1. The Hall–Kier alpha value is -2.54. The molecule has 1 N–H and O–H groups in total. The van der Waals surface area contributed by atoms with Gasteiger partial charge in [0.15, 0.2) is 0 Å². The van der Waals surface area contributed by atoms with Crippen LogP contribution in [0.5, 0.6) is 0 Å². The second-order valence-electron chi connectivity index (χ2n) is 6.98. The van der Waals surface area contributed by atoms with Crippen molar-refractivity contribution in [2.75, 3.05) is 6.54 Å². The molecule has 3 heterocycles. The molecular weight excluding hydrogens is 370 g/mol. The Morgan fingerprint density at radius 2 is 2.14 bits per heavy atom. The predicted molar refractivity (Wildman–Crippen MR) is 113 cm³/mol. The van der Waals surface area contributed by atoms with Gasteiger partial charge in [0.25, 0.3) is 5.91 Å². The minimum atomic E-state index is -0.0267. The molecule has 1 amide bonds. The Morgan fingerprint density at radius 3 is 2.86 bits per heavy atom. The van der Waals surface area contributed by atoms with Gasteiger partial charge in [-0.3, -0.25) is 14.8 Å². The molecule has 0 saturated carbocycles. The number of carbonyl (C=O) groups excluding carboxylic acids is 1. The molecule has 0 aromatic carbocycles. The molecule has 3 rings (SSSR count). The van der Waals surface area contributed by atoms with E-state index in [0.29, 0.717) is 11.5 Å². The number of hydrogen-bond acceptors (Lipinski definition) is 5. The average Bonchev–Trinajstić information content (AvgIpc) is 3.35. The summed E-state index contributed by atoms with van der Waals surface area (Å²) in [5.41, 5.74) is 3.16. The van der Waals surface area contributed by atoms with Crippen molar-refractivity contribution in [2.24, 2.45) is 13.0 Å². The van der Waals surface area contributed by atoms with E-state index in [1.54, 1.807) is 18.6 Å². The van der Waals surface area contributed by atoms with Gasteiger partial charge in [-0.1, -0.05) is 33.1 Å². The number of unbranched alkanes of at least 4 members (excludes halogenated alkanes) is 1. The Morgan fingerprint density at radius 1 is 1.29 bits per heavy atom. The van der Waals surface area contributed by atoms with Crippen LogP contribution in [0.4, 0.5) is 0 Å². The Bertz CT molecular complexity index is 903. The molecule has 0 spiro atoms. The van der Waals surface area contributed by atoms with Crippen molar-refractivity contribution in [3.63, 3.8) is 0 Å². The molecule has 1 atom stereocenters. The standard InChI is InChI=1S/C21H27N5OS/c1-4-6-7-15(5-2)11-24-20(27)16-10-19(26(3)13-16)18-14-28-21(25-18)17-12-22-8-9-23-17/h8-10,12-15H,4-7,11H2,1-3H3,(H,24,27). The van der Waals surface area contributed by atoms with Gasteiger partial charge >= 0.3 is 0 Å². The molecule has 148 valence electrons. The largest absolute Gasteiger partial charge is 0.352 e. The zero-order chi connectivity index (χ0) is 19.9. The SMILES string of the molecule is CCCCC(CC)CNC(=O)c1cc(-c2csc(-c3cnccn3)n2)n(C)c1. The summed E-state index contributed by atoms with van der Waals surface area (Å²) in [5, 5.41) is 5.90. The van der Waals surface area contributed by atoms with Gasteiger partial charge in [-0.2, -0.15) is 0 Å². The molecule has 0 saturated heterocycles. The lowest BCUT2D eigenvalue weighted by atomic mass is 9.99. The first-order valence-corrected chi connectivity index (χ1v) is 10.7. The fourth-order valence-electron chi connectivity index (χ4n) is 3.14. The number of rotatable bonds is 9. The molecule has 0 fully saturated rings. The van der Waals surface area contributed by atoms with Crippen LogP contribution in [0.15, 0.2) is 36.2 Å².